The van der Waals surface area contributed by atoms with Crippen LogP contribution in [0.15, 0.2) is 18.3 Å². The number of hydrogen-bond donors (Lipinski definition) is 2. The van der Waals surface area contributed by atoms with Crippen LogP contribution < -0.4 is 0 Å². The molecule has 3 rings (SSSR count). The van der Waals surface area contributed by atoms with E-state index in [4.69, 9.17) is 14.9 Å². The highest BCUT2D eigenvalue weighted by Gasteiger charge is 2.78. The van der Waals surface area contributed by atoms with Crippen molar-refractivity contribution in [3.05, 3.63) is 24.0 Å². The van der Waals surface area contributed by atoms with Gasteiger partial charge in [-0.05, 0) is 12.1 Å². The Balaban J connectivity index is 2.34. The van der Waals surface area contributed by atoms with E-state index < -0.39 is 28.6 Å². The Morgan fingerprint density at radius 3 is 2.45 bits per heavy atom. The van der Waals surface area contributed by atoms with Gasteiger partial charge < -0.3 is 14.5 Å². The molecule has 2 aliphatic rings. The summed E-state index contributed by atoms with van der Waals surface area (Å²) >= 11 is 0. The zero-order chi connectivity index (χ0) is 16.2. The maximum atomic E-state index is 9.80. The van der Waals surface area contributed by atoms with E-state index in [2.05, 4.69) is 4.98 Å². The Kier molecular flexibility index (Phi) is 2.63. The second kappa shape index (κ2) is 4.10. The van der Waals surface area contributed by atoms with Crippen molar-refractivity contribution in [2.75, 3.05) is 0 Å². The molecule has 110 valence electrons. The molecule has 0 saturated carbocycles. The zero-order valence-electron chi connectivity index (χ0n) is 12.0. The maximum absolute atomic E-state index is 9.80. The summed E-state index contributed by atoms with van der Waals surface area (Å²) in [7, 11) is 0. The smallest absolute Gasteiger partial charge is 0.214 e. The summed E-state index contributed by atoms with van der Waals surface area (Å²) in [5.74, 6) is -2.26. The van der Waals surface area contributed by atoms with Gasteiger partial charge in [0.05, 0.1) is 24.1 Å². The normalized spacial score (nSPS) is 38.4. The van der Waals surface area contributed by atoms with Gasteiger partial charge in [-0.2, -0.15) is 15.8 Å². The van der Waals surface area contributed by atoms with Gasteiger partial charge >= 0.3 is 0 Å². The number of nitrogens with zero attached hydrogens (tertiary/aromatic N) is 3. The van der Waals surface area contributed by atoms with Crippen molar-refractivity contribution in [3.63, 3.8) is 0 Å². The van der Waals surface area contributed by atoms with Gasteiger partial charge in [-0.3, -0.25) is 5.41 Å². The molecule has 7 heteroatoms. The molecule has 22 heavy (non-hydrogen) atoms. The molecule has 3 heterocycles. The second-order valence-electron chi connectivity index (χ2n) is 5.74. The van der Waals surface area contributed by atoms with Crippen molar-refractivity contribution < 1.29 is 9.47 Å². The molecule has 2 fully saturated rings. The van der Waals surface area contributed by atoms with E-state index in [1.165, 1.54) is 0 Å². The number of fused-ring (bicyclic) bond motifs is 2. The summed E-state index contributed by atoms with van der Waals surface area (Å²) < 4.78 is 11.4. The SMILES string of the molecule is CC1C2(C)OC(=N)C1(C#N)C(C#N)(C#N)C(c1ccc[nH]1)O2. The van der Waals surface area contributed by atoms with Crippen LogP contribution in [0, 0.1) is 56.2 Å². The summed E-state index contributed by atoms with van der Waals surface area (Å²) in [5.41, 5.74) is -3.06. The van der Waals surface area contributed by atoms with Crippen LogP contribution in [-0.2, 0) is 9.47 Å². The monoisotopic (exact) mass is 295 g/mol. The molecular formula is C15H13N5O2. The average molecular weight is 295 g/mol. The summed E-state index contributed by atoms with van der Waals surface area (Å²) in [5, 5.41) is 37.5. The van der Waals surface area contributed by atoms with Crippen molar-refractivity contribution in [1.29, 1.82) is 21.2 Å². The molecule has 0 amide bonds. The molecule has 4 unspecified atom stereocenters. The quantitative estimate of drug-likeness (QED) is 0.818. The molecule has 4 atom stereocenters. The standard InChI is InChI=1S/C15H13N5O2/c1-9-13(2)21-11(10-4-3-5-20-10)14(6-16,7-17)15(9,8-18)12(19)22-13/h3-5,9,11,19-20H,1-2H3. The lowest BCUT2D eigenvalue weighted by Gasteiger charge is -2.47. The molecule has 7 nitrogen and oxygen atoms in total. The van der Waals surface area contributed by atoms with E-state index in [0.717, 1.165) is 0 Å². The summed E-state index contributed by atoms with van der Waals surface area (Å²) in [6, 6.07) is 9.33. The van der Waals surface area contributed by atoms with Crippen molar-refractivity contribution in [2.45, 2.75) is 25.7 Å². The van der Waals surface area contributed by atoms with E-state index in [1.807, 2.05) is 18.2 Å². The third kappa shape index (κ3) is 1.24. The van der Waals surface area contributed by atoms with Gasteiger partial charge in [0.2, 0.25) is 17.1 Å². The number of H-pyrrole nitrogens is 1. The molecule has 0 aliphatic carbocycles. The first-order chi connectivity index (χ1) is 10.4. The first-order valence-corrected chi connectivity index (χ1v) is 6.74. The highest BCUT2D eigenvalue weighted by atomic mass is 16.7. The minimum absolute atomic E-state index is 0.387. The summed E-state index contributed by atoms with van der Waals surface area (Å²) in [6.45, 7) is 3.29. The van der Waals surface area contributed by atoms with E-state index in [9.17, 15) is 15.8 Å². The maximum Gasteiger partial charge on any atom is 0.214 e. The fraction of sp³-hybridized carbons (Fsp3) is 0.467. The minimum Gasteiger partial charge on any atom is -0.448 e. The predicted molar refractivity (Wildman–Crippen MR) is 72.7 cm³/mol. The van der Waals surface area contributed by atoms with Crippen molar-refractivity contribution in [3.8, 4) is 18.2 Å². The molecule has 2 N–H and O–H groups in total. The van der Waals surface area contributed by atoms with Crippen LogP contribution in [0.4, 0.5) is 0 Å². The number of nitrogens with one attached hydrogen (secondary N) is 2. The number of rotatable bonds is 1. The van der Waals surface area contributed by atoms with E-state index in [1.54, 1.807) is 32.2 Å². The van der Waals surface area contributed by atoms with Gasteiger partial charge in [0, 0.05) is 18.8 Å². The molecule has 1 aromatic rings. The topological polar surface area (TPSA) is 129 Å². The number of nitriles is 3. The highest BCUT2D eigenvalue weighted by Crippen LogP contribution is 2.65. The largest absolute Gasteiger partial charge is 0.448 e. The molecule has 2 aliphatic heterocycles. The lowest BCUT2D eigenvalue weighted by molar-refractivity contribution is -0.269. The van der Waals surface area contributed by atoms with Crippen LogP contribution in [0.2, 0.25) is 0 Å². The predicted octanol–water partition coefficient (Wildman–Crippen LogP) is 1.99. The number of aromatic nitrogens is 1. The lowest BCUT2D eigenvalue weighted by Crippen LogP contribution is -2.57. The average Bonchev–Trinajstić information content (AvgIpc) is 3.07. The number of ether oxygens (including phenoxy) is 2. The first kappa shape index (κ1) is 14.1. The Bertz CT molecular complexity index is 751. The Morgan fingerprint density at radius 2 is 1.95 bits per heavy atom. The Hall–Kier alpha value is -2.82. The molecular weight excluding hydrogens is 282 g/mol. The van der Waals surface area contributed by atoms with Gasteiger partial charge in [-0.1, -0.05) is 6.92 Å². The molecule has 1 aromatic heterocycles. The number of hydrogen-bond acceptors (Lipinski definition) is 6. The third-order valence-corrected chi connectivity index (χ3v) is 4.90. The minimum atomic E-state index is -1.88. The third-order valence-electron chi connectivity index (χ3n) is 4.90. The van der Waals surface area contributed by atoms with Crippen LogP contribution in [-0.4, -0.2) is 16.7 Å². The zero-order valence-corrected chi connectivity index (χ0v) is 12.0. The van der Waals surface area contributed by atoms with Crippen LogP contribution in [0.1, 0.15) is 25.6 Å². The molecule has 2 saturated heterocycles. The first-order valence-electron chi connectivity index (χ1n) is 6.74. The van der Waals surface area contributed by atoms with Crippen molar-refractivity contribution in [2.24, 2.45) is 16.7 Å². The van der Waals surface area contributed by atoms with Gasteiger partial charge in [-0.25, -0.2) is 0 Å². The molecule has 0 spiro atoms. The second-order valence-corrected chi connectivity index (χ2v) is 5.74. The molecule has 0 radical (unpaired) electrons. The number of aromatic amines is 1. The van der Waals surface area contributed by atoms with Crippen molar-refractivity contribution >= 4 is 5.90 Å². The molecule has 0 aromatic carbocycles. The summed E-state index contributed by atoms with van der Waals surface area (Å²) in [6.07, 6.45) is 0.632. The van der Waals surface area contributed by atoms with Gasteiger partial charge in [0.25, 0.3) is 0 Å². The van der Waals surface area contributed by atoms with Gasteiger partial charge in [0.15, 0.2) is 5.41 Å². The van der Waals surface area contributed by atoms with Gasteiger partial charge in [0.1, 0.15) is 6.10 Å². The summed E-state index contributed by atoms with van der Waals surface area (Å²) in [4.78, 5) is 2.92. The Labute approximate surface area is 127 Å². The van der Waals surface area contributed by atoms with Crippen LogP contribution in [0.3, 0.4) is 0 Å². The van der Waals surface area contributed by atoms with Gasteiger partial charge in [-0.15, -0.1) is 0 Å². The van der Waals surface area contributed by atoms with Crippen LogP contribution in [0.5, 0.6) is 0 Å². The fourth-order valence-corrected chi connectivity index (χ4v) is 3.50. The van der Waals surface area contributed by atoms with Crippen molar-refractivity contribution in [1.82, 2.24) is 4.98 Å². The van der Waals surface area contributed by atoms with Crippen LogP contribution in [0.25, 0.3) is 0 Å². The van der Waals surface area contributed by atoms with E-state index >= 15 is 0 Å². The fourth-order valence-electron chi connectivity index (χ4n) is 3.50. The highest BCUT2D eigenvalue weighted by molar-refractivity contribution is 5.89. The molecule has 2 bridgehead atoms. The Morgan fingerprint density at radius 1 is 1.27 bits per heavy atom. The van der Waals surface area contributed by atoms with E-state index in [-0.39, 0.29) is 5.90 Å². The van der Waals surface area contributed by atoms with Crippen LogP contribution >= 0.6 is 0 Å². The van der Waals surface area contributed by atoms with E-state index in [0.29, 0.717) is 5.69 Å². The lowest BCUT2D eigenvalue weighted by atomic mass is 9.54.